The molecule has 6 aromatic carbocycles. The van der Waals surface area contributed by atoms with Gasteiger partial charge >= 0.3 is 0 Å². The summed E-state index contributed by atoms with van der Waals surface area (Å²) in [7, 11) is 0. The summed E-state index contributed by atoms with van der Waals surface area (Å²) in [5.74, 6) is 13.4. The van der Waals surface area contributed by atoms with Crippen LogP contribution in [0.2, 0.25) is 0 Å². The molecule has 38 heavy (non-hydrogen) atoms. The van der Waals surface area contributed by atoms with Gasteiger partial charge < -0.3 is 0 Å². The third kappa shape index (κ3) is 5.12. The summed E-state index contributed by atoms with van der Waals surface area (Å²) in [4.78, 5) is 0. The first-order chi connectivity index (χ1) is 18.8. The van der Waals surface area contributed by atoms with Crippen molar-refractivity contribution < 1.29 is 0 Å². The number of hydrogen-bond acceptors (Lipinski definition) is 0. The van der Waals surface area contributed by atoms with Gasteiger partial charge in [-0.2, -0.15) is 0 Å². The fourth-order valence-electron chi connectivity index (χ4n) is 4.59. The third-order valence-electron chi connectivity index (χ3n) is 6.55. The molecule has 0 aliphatic heterocycles. The molecule has 0 spiro atoms. The van der Waals surface area contributed by atoms with Gasteiger partial charge in [0.05, 0.1) is 0 Å². The Morgan fingerprint density at radius 1 is 0.316 bits per heavy atom. The van der Waals surface area contributed by atoms with Crippen LogP contribution < -0.4 is 0 Å². The molecular formula is C38H24. The largest absolute Gasteiger partial charge is 0.0622 e. The van der Waals surface area contributed by atoms with Crippen LogP contribution in [0, 0.1) is 23.7 Å². The molecule has 0 saturated carbocycles. The maximum Gasteiger partial charge on any atom is 0.0327 e. The summed E-state index contributed by atoms with van der Waals surface area (Å²) in [5, 5.41) is 2.40. The van der Waals surface area contributed by atoms with Crippen LogP contribution in [0.5, 0.6) is 0 Å². The highest BCUT2D eigenvalue weighted by Gasteiger charge is 2.07. The quantitative estimate of drug-likeness (QED) is 0.217. The van der Waals surface area contributed by atoms with Gasteiger partial charge in [-0.25, -0.2) is 0 Å². The van der Waals surface area contributed by atoms with E-state index in [0.29, 0.717) is 0 Å². The van der Waals surface area contributed by atoms with Crippen molar-refractivity contribution in [1.82, 2.24) is 0 Å². The average molecular weight is 481 g/mol. The van der Waals surface area contributed by atoms with Crippen molar-refractivity contribution >= 4 is 10.8 Å². The zero-order valence-electron chi connectivity index (χ0n) is 20.9. The van der Waals surface area contributed by atoms with E-state index in [-0.39, 0.29) is 0 Å². The molecular weight excluding hydrogens is 456 g/mol. The van der Waals surface area contributed by atoms with Crippen LogP contribution in [0.3, 0.4) is 0 Å². The zero-order chi connectivity index (χ0) is 25.6. The fourth-order valence-corrected chi connectivity index (χ4v) is 4.59. The lowest BCUT2D eigenvalue weighted by Gasteiger charge is -2.10. The van der Waals surface area contributed by atoms with Gasteiger partial charge in [0.1, 0.15) is 0 Å². The number of hydrogen-bond donors (Lipinski definition) is 0. The van der Waals surface area contributed by atoms with Crippen molar-refractivity contribution in [1.29, 1.82) is 0 Å². The topological polar surface area (TPSA) is 0 Å². The standard InChI is InChI=1S/C38H24/c1-3-11-29(12-4-1)19-21-32-15-7-9-17-37(32)34-25-23-31-24-26-35(28-36(31)27-34)38-18-10-8-16-33(38)22-20-30-13-5-2-6-14-30/h1-18,23-28H. The summed E-state index contributed by atoms with van der Waals surface area (Å²) < 4.78 is 0. The summed E-state index contributed by atoms with van der Waals surface area (Å²) in [6.45, 7) is 0. The molecule has 0 nitrogen and oxygen atoms in total. The lowest BCUT2D eigenvalue weighted by molar-refractivity contribution is 1.58. The fraction of sp³-hybridized carbons (Fsp3) is 0. The van der Waals surface area contributed by atoms with Crippen molar-refractivity contribution in [3.8, 4) is 45.9 Å². The van der Waals surface area contributed by atoms with Gasteiger partial charge in [0.25, 0.3) is 0 Å². The van der Waals surface area contributed by atoms with Crippen molar-refractivity contribution in [2.75, 3.05) is 0 Å². The van der Waals surface area contributed by atoms with Crippen LogP contribution in [0.15, 0.2) is 146 Å². The predicted molar refractivity (Wildman–Crippen MR) is 160 cm³/mol. The van der Waals surface area contributed by atoms with E-state index in [0.717, 1.165) is 44.5 Å². The first-order valence-electron chi connectivity index (χ1n) is 12.7. The molecule has 6 rings (SSSR count). The highest BCUT2D eigenvalue weighted by Crippen LogP contribution is 2.31. The van der Waals surface area contributed by atoms with Crippen LogP contribution in [-0.4, -0.2) is 0 Å². The third-order valence-corrected chi connectivity index (χ3v) is 6.55. The number of benzene rings is 6. The van der Waals surface area contributed by atoms with Gasteiger partial charge in [0.2, 0.25) is 0 Å². The minimum absolute atomic E-state index is 1.01. The molecule has 0 radical (unpaired) electrons. The Balaban J connectivity index is 1.39. The van der Waals surface area contributed by atoms with E-state index in [1.54, 1.807) is 0 Å². The van der Waals surface area contributed by atoms with Gasteiger partial charge in [-0.1, -0.05) is 121 Å². The minimum Gasteiger partial charge on any atom is -0.0622 e. The molecule has 0 atom stereocenters. The Hall–Kier alpha value is -5.30. The SMILES string of the molecule is C(#Cc1ccccc1-c1ccc2ccc(-c3ccccc3C#Cc3ccccc3)cc2c1)c1ccccc1. The molecule has 176 valence electrons. The minimum atomic E-state index is 1.01. The molecule has 0 fully saturated rings. The van der Waals surface area contributed by atoms with E-state index in [4.69, 9.17) is 0 Å². The Bertz CT molecular complexity index is 1720. The lowest BCUT2D eigenvalue weighted by Crippen LogP contribution is -1.87. The van der Waals surface area contributed by atoms with E-state index in [1.807, 2.05) is 72.8 Å². The van der Waals surface area contributed by atoms with Crippen molar-refractivity contribution in [2.24, 2.45) is 0 Å². The molecule has 0 aliphatic carbocycles. The van der Waals surface area contributed by atoms with Crippen LogP contribution in [0.4, 0.5) is 0 Å². The van der Waals surface area contributed by atoms with Gasteiger partial charge in [-0.05, 0) is 81.6 Å². The summed E-state index contributed by atoms with van der Waals surface area (Å²) in [6.07, 6.45) is 0. The predicted octanol–water partition coefficient (Wildman–Crippen LogP) is 8.97. The first-order valence-corrected chi connectivity index (χ1v) is 12.7. The van der Waals surface area contributed by atoms with Crippen LogP contribution >= 0.6 is 0 Å². The van der Waals surface area contributed by atoms with Gasteiger partial charge in [-0.3, -0.25) is 0 Å². The maximum absolute atomic E-state index is 3.38. The second-order valence-corrected chi connectivity index (χ2v) is 9.10. The molecule has 0 N–H and O–H groups in total. The monoisotopic (exact) mass is 480 g/mol. The highest BCUT2D eigenvalue weighted by atomic mass is 14.1. The maximum atomic E-state index is 3.38. The Labute approximate surface area is 224 Å². The van der Waals surface area contributed by atoms with E-state index in [2.05, 4.69) is 96.5 Å². The normalized spacial score (nSPS) is 10.2. The Morgan fingerprint density at radius 3 is 1.21 bits per heavy atom. The number of rotatable bonds is 2. The van der Waals surface area contributed by atoms with Crippen molar-refractivity contribution in [3.63, 3.8) is 0 Å². The Kier molecular flexibility index (Phi) is 6.55. The average Bonchev–Trinajstić information content (AvgIpc) is 3.00. The van der Waals surface area contributed by atoms with Gasteiger partial charge in [-0.15, -0.1) is 0 Å². The molecule has 0 amide bonds. The molecule has 0 bridgehead atoms. The van der Waals surface area contributed by atoms with Crippen molar-refractivity contribution in [2.45, 2.75) is 0 Å². The zero-order valence-corrected chi connectivity index (χ0v) is 20.9. The molecule has 0 saturated heterocycles. The van der Waals surface area contributed by atoms with E-state index < -0.39 is 0 Å². The van der Waals surface area contributed by atoms with Crippen LogP contribution in [0.1, 0.15) is 22.3 Å². The summed E-state index contributed by atoms with van der Waals surface area (Å²) in [5.41, 5.74) is 8.66. The second-order valence-electron chi connectivity index (χ2n) is 9.10. The van der Waals surface area contributed by atoms with Crippen LogP contribution in [0.25, 0.3) is 33.0 Å². The lowest BCUT2D eigenvalue weighted by atomic mass is 9.94. The molecule has 0 aliphatic rings. The van der Waals surface area contributed by atoms with Gasteiger partial charge in [0.15, 0.2) is 0 Å². The molecule has 0 heteroatoms. The first kappa shape index (κ1) is 23.1. The molecule has 0 unspecified atom stereocenters. The smallest absolute Gasteiger partial charge is 0.0327 e. The number of fused-ring (bicyclic) bond motifs is 1. The van der Waals surface area contributed by atoms with E-state index in [9.17, 15) is 0 Å². The second kappa shape index (κ2) is 10.8. The van der Waals surface area contributed by atoms with Gasteiger partial charge in [0, 0.05) is 22.3 Å². The van der Waals surface area contributed by atoms with Crippen LogP contribution in [-0.2, 0) is 0 Å². The molecule has 0 aromatic heterocycles. The Morgan fingerprint density at radius 2 is 0.737 bits per heavy atom. The van der Waals surface area contributed by atoms with E-state index in [1.165, 1.54) is 10.8 Å². The summed E-state index contributed by atoms with van der Waals surface area (Å²) in [6, 6.07) is 50.2. The molecule has 6 aromatic rings. The summed E-state index contributed by atoms with van der Waals surface area (Å²) >= 11 is 0. The highest BCUT2D eigenvalue weighted by molar-refractivity contribution is 5.92. The van der Waals surface area contributed by atoms with E-state index >= 15 is 0 Å². The molecule has 0 heterocycles. The van der Waals surface area contributed by atoms with Crippen molar-refractivity contribution in [3.05, 3.63) is 168 Å².